The van der Waals surface area contributed by atoms with Crippen LogP contribution in [0.1, 0.15) is 29.8 Å². The summed E-state index contributed by atoms with van der Waals surface area (Å²) in [6, 6.07) is 7.66. The van der Waals surface area contributed by atoms with Crippen molar-refractivity contribution in [3.63, 3.8) is 0 Å². The van der Waals surface area contributed by atoms with Gasteiger partial charge in [0.15, 0.2) is 0 Å². The Morgan fingerprint density at radius 1 is 1.39 bits per heavy atom. The van der Waals surface area contributed by atoms with Gasteiger partial charge in [-0.1, -0.05) is 12.1 Å². The molecule has 1 amide bonds. The van der Waals surface area contributed by atoms with E-state index in [2.05, 4.69) is 24.2 Å². The van der Waals surface area contributed by atoms with Crippen LogP contribution in [0.4, 0.5) is 0 Å². The Bertz CT molecular complexity index is 376. The second-order valence-electron chi connectivity index (χ2n) is 4.46. The monoisotopic (exact) mass is 251 g/mol. The molecule has 5 heteroatoms. The lowest BCUT2D eigenvalue weighted by atomic mass is 10.1. The highest BCUT2D eigenvalue weighted by Crippen LogP contribution is 2.09. The van der Waals surface area contributed by atoms with Crippen LogP contribution in [-0.2, 0) is 6.54 Å². The van der Waals surface area contributed by atoms with Crippen LogP contribution >= 0.6 is 0 Å². The quantitative estimate of drug-likeness (QED) is 0.391. The molecule has 0 saturated heterocycles. The number of carbonyl (C=O) groups excluding carboxylic acids is 1. The van der Waals surface area contributed by atoms with Crippen molar-refractivity contribution in [1.29, 1.82) is 0 Å². The second-order valence-corrected chi connectivity index (χ2v) is 4.46. The van der Waals surface area contributed by atoms with Crippen LogP contribution in [0.15, 0.2) is 24.3 Å². The number of nitrogens with one attached hydrogen (secondary N) is 1. The summed E-state index contributed by atoms with van der Waals surface area (Å²) in [4.78, 5) is 13.4. The standard InChI is InChI=1S/C13H21N3O2/c1-10(2)16(7-8-17)9-11-3-5-12(6-4-11)13(18)15-14/h3-6,10,17H,7-9,14H2,1-2H3,(H,15,18). The number of hydrogen-bond donors (Lipinski definition) is 3. The smallest absolute Gasteiger partial charge is 0.265 e. The molecule has 0 heterocycles. The molecule has 0 spiro atoms. The van der Waals surface area contributed by atoms with Crippen LogP contribution < -0.4 is 11.3 Å². The van der Waals surface area contributed by atoms with Gasteiger partial charge in [0.2, 0.25) is 0 Å². The average molecular weight is 251 g/mol. The number of rotatable bonds is 6. The zero-order valence-corrected chi connectivity index (χ0v) is 10.9. The number of nitrogen functional groups attached to an aromatic ring is 1. The van der Waals surface area contributed by atoms with Gasteiger partial charge in [0.1, 0.15) is 0 Å². The molecule has 0 bridgehead atoms. The molecule has 0 fully saturated rings. The lowest BCUT2D eigenvalue weighted by Gasteiger charge is -2.25. The Morgan fingerprint density at radius 3 is 2.44 bits per heavy atom. The van der Waals surface area contributed by atoms with Gasteiger partial charge >= 0.3 is 0 Å². The fraction of sp³-hybridized carbons (Fsp3) is 0.462. The zero-order valence-electron chi connectivity index (χ0n) is 10.9. The summed E-state index contributed by atoms with van der Waals surface area (Å²) in [5, 5.41) is 9.00. The number of nitrogens with two attached hydrogens (primary N) is 1. The maximum atomic E-state index is 11.3. The first-order chi connectivity index (χ1) is 8.58. The third kappa shape index (κ3) is 4.10. The minimum Gasteiger partial charge on any atom is -0.395 e. The van der Waals surface area contributed by atoms with E-state index in [0.29, 0.717) is 18.2 Å². The highest BCUT2D eigenvalue weighted by Gasteiger charge is 2.10. The average Bonchev–Trinajstić information content (AvgIpc) is 2.38. The number of aliphatic hydroxyl groups is 1. The van der Waals surface area contributed by atoms with Crippen molar-refractivity contribution < 1.29 is 9.90 Å². The van der Waals surface area contributed by atoms with Crippen LogP contribution in [0.25, 0.3) is 0 Å². The molecule has 1 aromatic rings. The molecule has 18 heavy (non-hydrogen) atoms. The molecular weight excluding hydrogens is 230 g/mol. The number of benzene rings is 1. The largest absolute Gasteiger partial charge is 0.395 e. The van der Waals surface area contributed by atoms with Gasteiger partial charge in [0, 0.05) is 24.7 Å². The van der Waals surface area contributed by atoms with E-state index in [1.54, 1.807) is 12.1 Å². The summed E-state index contributed by atoms with van der Waals surface area (Å²) >= 11 is 0. The predicted molar refractivity (Wildman–Crippen MR) is 70.7 cm³/mol. The third-order valence-electron chi connectivity index (χ3n) is 2.85. The molecule has 5 nitrogen and oxygen atoms in total. The molecule has 0 unspecified atom stereocenters. The van der Waals surface area contributed by atoms with E-state index in [1.807, 2.05) is 12.1 Å². The van der Waals surface area contributed by atoms with Crippen LogP contribution in [-0.4, -0.2) is 35.1 Å². The maximum Gasteiger partial charge on any atom is 0.265 e. The number of hydrazine groups is 1. The number of hydrogen-bond acceptors (Lipinski definition) is 4. The molecule has 0 aromatic heterocycles. The Kier molecular flexibility index (Phi) is 5.77. The van der Waals surface area contributed by atoms with Crippen molar-refractivity contribution in [3.8, 4) is 0 Å². The normalized spacial score (nSPS) is 11.0. The van der Waals surface area contributed by atoms with Gasteiger partial charge in [-0.25, -0.2) is 5.84 Å². The molecule has 0 aliphatic heterocycles. The predicted octanol–water partition coefficient (Wildman–Crippen LogP) is 0.493. The third-order valence-corrected chi connectivity index (χ3v) is 2.85. The first kappa shape index (κ1) is 14.6. The van der Waals surface area contributed by atoms with Gasteiger partial charge in [-0.2, -0.15) is 0 Å². The molecule has 100 valence electrons. The first-order valence-electron chi connectivity index (χ1n) is 6.03. The van der Waals surface area contributed by atoms with Crippen molar-refractivity contribution in [2.45, 2.75) is 26.4 Å². The summed E-state index contributed by atoms with van der Waals surface area (Å²) in [6.07, 6.45) is 0. The van der Waals surface area contributed by atoms with Crippen LogP contribution in [0.3, 0.4) is 0 Å². The van der Waals surface area contributed by atoms with Crippen molar-refractivity contribution in [3.05, 3.63) is 35.4 Å². The lowest BCUT2D eigenvalue weighted by Crippen LogP contribution is -2.33. The van der Waals surface area contributed by atoms with E-state index in [9.17, 15) is 4.79 Å². The zero-order chi connectivity index (χ0) is 13.5. The van der Waals surface area contributed by atoms with Crippen LogP contribution in [0.2, 0.25) is 0 Å². The summed E-state index contributed by atoms with van der Waals surface area (Å²) in [7, 11) is 0. The van der Waals surface area contributed by atoms with Gasteiger partial charge in [-0.3, -0.25) is 15.1 Å². The van der Waals surface area contributed by atoms with Crippen LogP contribution in [0.5, 0.6) is 0 Å². The minimum atomic E-state index is -0.294. The van der Waals surface area contributed by atoms with Gasteiger partial charge < -0.3 is 5.11 Å². The lowest BCUT2D eigenvalue weighted by molar-refractivity contribution is 0.0953. The van der Waals surface area contributed by atoms with E-state index in [0.717, 1.165) is 12.1 Å². The van der Waals surface area contributed by atoms with Gasteiger partial charge in [-0.15, -0.1) is 0 Å². The van der Waals surface area contributed by atoms with Crippen molar-refractivity contribution >= 4 is 5.91 Å². The van der Waals surface area contributed by atoms with Crippen LogP contribution in [0, 0.1) is 0 Å². The summed E-state index contributed by atoms with van der Waals surface area (Å²) in [5.41, 5.74) is 3.74. The number of amides is 1. The molecular formula is C13H21N3O2. The van der Waals surface area contributed by atoms with E-state index in [1.165, 1.54) is 0 Å². The molecule has 0 aliphatic carbocycles. The van der Waals surface area contributed by atoms with Crippen molar-refractivity contribution in [1.82, 2.24) is 10.3 Å². The SMILES string of the molecule is CC(C)N(CCO)Cc1ccc(C(=O)NN)cc1. The number of carbonyl (C=O) groups is 1. The molecule has 1 aromatic carbocycles. The van der Waals surface area contributed by atoms with E-state index < -0.39 is 0 Å². The summed E-state index contributed by atoms with van der Waals surface area (Å²) < 4.78 is 0. The molecule has 0 saturated carbocycles. The van der Waals surface area contributed by atoms with Gasteiger partial charge in [-0.05, 0) is 31.5 Å². The first-order valence-corrected chi connectivity index (χ1v) is 6.03. The highest BCUT2D eigenvalue weighted by molar-refractivity contribution is 5.93. The fourth-order valence-electron chi connectivity index (χ4n) is 1.73. The Hall–Kier alpha value is -1.43. The van der Waals surface area contributed by atoms with Gasteiger partial charge in [0.25, 0.3) is 5.91 Å². The second kappa shape index (κ2) is 7.10. The maximum absolute atomic E-state index is 11.3. The topological polar surface area (TPSA) is 78.6 Å². The molecule has 0 atom stereocenters. The van der Waals surface area contributed by atoms with Crippen molar-refractivity contribution in [2.24, 2.45) is 5.84 Å². The molecule has 0 radical (unpaired) electrons. The molecule has 1 rings (SSSR count). The minimum absolute atomic E-state index is 0.145. The van der Waals surface area contributed by atoms with E-state index >= 15 is 0 Å². The Morgan fingerprint density at radius 2 is 2.00 bits per heavy atom. The van der Waals surface area contributed by atoms with Crippen molar-refractivity contribution in [2.75, 3.05) is 13.2 Å². The number of aliphatic hydroxyl groups excluding tert-OH is 1. The molecule has 4 N–H and O–H groups in total. The molecule has 0 aliphatic rings. The summed E-state index contributed by atoms with van der Waals surface area (Å²) in [5.74, 6) is 4.77. The Balaban J connectivity index is 2.70. The van der Waals surface area contributed by atoms with E-state index in [4.69, 9.17) is 10.9 Å². The fourth-order valence-corrected chi connectivity index (χ4v) is 1.73. The Labute approximate surface area is 108 Å². The van der Waals surface area contributed by atoms with E-state index in [-0.39, 0.29) is 12.5 Å². The number of nitrogens with zero attached hydrogens (tertiary/aromatic N) is 1. The highest BCUT2D eigenvalue weighted by atomic mass is 16.3. The van der Waals surface area contributed by atoms with Gasteiger partial charge in [0.05, 0.1) is 6.61 Å². The summed E-state index contributed by atoms with van der Waals surface area (Å²) in [6.45, 7) is 5.72.